The minimum absolute atomic E-state index is 0.356. The highest BCUT2D eigenvalue weighted by atomic mass is 16.5. The zero-order valence-corrected chi connectivity index (χ0v) is 8.50. The lowest BCUT2D eigenvalue weighted by Gasteiger charge is -2.29. The quantitative estimate of drug-likeness (QED) is 0.590. The molecule has 1 heteroatoms. The van der Waals surface area contributed by atoms with Crippen molar-refractivity contribution in [3.05, 3.63) is 29.3 Å². The highest BCUT2D eigenvalue weighted by Gasteiger charge is 2.22. The smallest absolute Gasteiger partial charge is 0.123 e. The van der Waals surface area contributed by atoms with Crippen LogP contribution in [-0.2, 0) is 6.42 Å². The lowest BCUT2D eigenvalue weighted by atomic mass is 9.92. The van der Waals surface area contributed by atoms with E-state index in [1.54, 1.807) is 0 Å². The number of aryl methyl sites for hydroxylation is 1. The van der Waals surface area contributed by atoms with Gasteiger partial charge in [-0.3, -0.25) is 0 Å². The number of benzene rings is 1. The minimum atomic E-state index is 0.356. The van der Waals surface area contributed by atoms with Crippen LogP contribution in [0.2, 0.25) is 0 Å². The fraction of sp³-hybridized carbons (Fsp3) is 0.500. The Bertz CT molecular complexity index is 317. The summed E-state index contributed by atoms with van der Waals surface area (Å²) in [4.78, 5) is 0. The van der Waals surface area contributed by atoms with Crippen molar-refractivity contribution in [1.29, 1.82) is 0 Å². The van der Waals surface area contributed by atoms with Crippen molar-refractivity contribution >= 4 is 0 Å². The van der Waals surface area contributed by atoms with Crippen LogP contribution in [0.3, 0.4) is 0 Å². The molecule has 0 saturated carbocycles. The van der Waals surface area contributed by atoms with Gasteiger partial charge in [-0.1, -0.05) is 19.1 Å². The summed E-state index contributed by atoms with van der Waals surface area (Å²) in [6, 6.07) is 6.48. The third-order valence-corrected chi connectivity index (χ3v) is 2.88. The van der Waals surface area contributed by atoms with Crippen LogP contribution in [0.4, 0.5) is 0 Å². The molecule has 2 rings (SSSR count). The van der Waals surface area contributed by atoms with E-state index in [0.717, 1.165) is 12.2 Å². The maximum absolute atomic E-state index is 5.82. The summed E-state index contributed by atoms with van der Waals surface area (Å²) >= 11 is 0. The summed E-state index contributed by atoms with van der Waals surface area (Å²) in [5.41, 5.74) is 2.64. The summed E-state index contributed by atoms with van der Waals surface area (Å²) in [6.07, 6.45) is 1.51. The van der Waals surface area contributed by atoms with Crippen molar-refractivity contribution in [3.8, 4) is 5.75 Å². The second-order valence-corrected chi connectivity index (χ2v) is 4.12. The fourth-order valence-corrected chi connectivity index (χ4v) is 1.77. The second-order valence-electron chi connectivity index (χ2n) is 4.12. The fourth-order valence-electron chi connectivity index (χ4n) is 1.77. The molecule has 70 valence electrons. The largest absolute Gasteiger partial charge is 0.490 e. The van der Waals surface area contributed by atoms with Gasteiger partial charge in [-0.05, 0) is 43.4 Å². The molecule has 1 nitrogen and oxygen atoms in total. The van der Waals surface area contributed by atoms with E-state index in [4.69, 9.17) is 4.74 Å². The zero-order chi connectivity index (χ0) is 9.42. The molecule has 2 atom stereocenters. The molecule has 1 aromatic rings. The van der Waals surface area contributed by atoms with E-state index in [-0.39, 0.29) is 0 Å². The molecule has 1 aliphatic heterocycles. The predicted molar refractivity (Wildman–Crippen MR) is 54.1 cm³/mol. The van der Waals surface area contributed by atoms with E-state index in [1.165, 1.54) is 11.1 Å². The van der Waals surface area contributed by atoms with Crippen molar-refractivity contribution in [2.24, 2.45) is 5.92 Å². The van der Waals surface area contributed by atoms with E-state index in [9.17, 15) is 0 Å². The van der Waals surface area contributed by atoms with Gasteiger partial charge in [0.2, 0.25) is 0 Å². The molecule has 0 radical (unpaired) electrons. The van der Waals surface area contributed by atoms with Crippen LogP contribution in [0.5, 0.6) is 5.75 Å². The van der Waals surface area contributed by atoms with E-state index in [2.05, 4.69) is 39.0 Å². The molecule has 0 amide bonds. The van der Waals surface area contributed by atoms with Crippen LogP contribution in [0.1, 0.15) is 25.0 Å². The predicted octanol–water partition coefficient (Wildman–Crippen LogP) is 2.95. The first-order chi connectivity index (χ1) is 6.16. The molecule has 1 aromatic carbocycles. The first kappa shape index (κ1) is 8.61. The van der Waals surface area contributed by atoms with Gasteiger partial charge in [0.25, 0.3) is 0 Å². The van der Waals surface area contributed by atoms with E-state index < -0.39 is 0 Å². The summed E-state index contributed by atoms with van der Waals surface area (Å²) in [6.45, 7) is 6.50. The van der Waals surface area contributed by atoms with E-state index in [0.29, 0.717) is 12.0 Å². The van der Waals surface area contributed by atoms with Gasteiger partial charge < -0.3 is 4.74 Å². The highest BCUT2D eigenvalue weighted by molar-refractivity contribution is 5.38. The molecule has 0 aliphatic carbocycles. The van der Waals surface area contributed by atoms with Gasteiger partial charge in [0.1, 0.15) is 5.75 Å². The molecular formula is C12H16O. The number of rotatable bonds is 0. The minimum Gasteiger partial charge on any atom is -0.490 e. The van der Waals surface area contributed by atoms with Crippen molar-refractivity contribution in [1.82, 2.24) is 0 Å². The molecule has 0 fully saturated rings. The zero-order valence-electron chi connectivity index (χ0n) is 8.50. The number of fused-ring (bicyclic) bond motifs is 1. The monoisotopic (exact) mass is 176 g/mol. The first-order valence-corrected chi connectivity index (χ1v) is 4.93. The third kappa shape index (κ3) is 1.55. The normalized spacial score (nSPS) is 26.4. The van der Waals surface area contributed by atoms with Crippen LogP contribution in [0.15, 0.2) is 18.2 Å². The summed E-state index contributed by atoms with van der Waals surface area (Å²) in [5, 5.41) is 0. The van der Waals surface area contributed by atoms with Crippen molar-refractivity contribution < 1.29 is 4.74 Å². The van der Waals surface area contributed by atoms with Crippen molar-refractivity contribution in [2.75, 3.05) is 0 Å². The Morgan fingerprint density at radius 1 is 1.31 bits per heavy atom. The molecule has 0 bridgehead atoms. The maximum atomic E-state index is 5.82. The Hall–Kier alpha value is -0.980. The average Bonchev–Trinajstić information content (AvgIpc) is 2.08. The molecular weight excluding hydrogens is 160 g/mol. The average molecular weight is 176 g/mol. The van der Waals surface area contributed by atoms with Crippen LogP contribution in [0, 0.1) is 12.8 Å². The highest BCUT2D eigenvalue weighted by Crippen LogP contribution is 2.31. The molecule has 0 aromatic heterocycles. The van der Waals surface area contributed by atoms with Crippen LogP contribution >= 0.6 is 0 Å². The Labute approximate surface area is 79.7 Å². The summed E-state index contributed by atoms with van der Waals surface area (Å²) < 4.78 is 5.82. The molecule has 0 saturated heterocycles. The molecule has 2 unspecified atom stereocenters. The summed E-state index contributed by atoms with van der Waals surface area (Å²) in [5.74, 6) is 1.72. The van der Waals surface area contributed by atoms with Crippen molar-refractivity contribution in [3.63, 3.8) is 0 Å². The van der Waals surface area contributed by atoms with Gasteiger partial charge in [-0.15, -0.1) is 0 Å². The van der Waals surface area contributed by atoms with E-state index in [1.807, 2.05) is 0 Å². The standard InChI is InChI=1S/C12H16O/c1-8-4-5-11-7-9(2)10(3)13-12(11)6-8/h4-6,9-10H,7H2,1-3H3. The topological polar surface area (TPSA) is 9.23 Å². The van der Waals surface area contributed by atoms with E-state index >= 15 is 0 Å². The third-order valence-electron chi connectivity index (χ3n) is 2.88. The van der Waals surface area contributed by atoms with Gasteiger partial charge >= 0.3 is 0 Å². The molecule has 1 aliphatic rings. The van der Waals surface area contributed by atoms with Gasteiger partial charge in [-0.25, -0.2) is 0 Å². The lowest BCUT2D eigenvalue weighted by molar-refractivity contribution is 0.139. The maximum Gasteiger partial charge on any atom is 0.123 e. The van der Waals surface area contributed by atoms with Crippen LogP contribution in [-0.4, -0.2) is 6.10 Å². The van der Waals surface area contributed by atoms with Crippen molar-refractivity contribution in [2.45, 2.75) is 33.3 Å². The van der Waals surface area contributed by atoms with Gasteiger partial charge in [0, 0.05) is 0 Å². The van der Waals surface area contributed by atoms with Gasteiger partial charge in [0.05, 0.1) is 6.10 Å². The molecule has 0 N–H and O–H groups in total. The second kappa shape index (κ2) is 3.06. The van der Waals surface area contributed by atoms with Gasteiger partial charge in [0.15, 0.2) is 0 Å². The molecule has 0 spiro atoms. The van der Waals surface area contributed by atoms with Crippen LogP contribution in [0.25, 0.3) is 0 Å². The number of hydrogen-bond donors (Lipinski definition) is 0. The number of ether oxygens (including phenoxy) is 1. The Balaban J connectivity index is 2.37. The Kier molecular flexibility index (Phi) is 2.03. The molecule has 1 heterocycles. The Morgan fingerprint density at radius 3 is 2.85 bits per heavy atom. The SMILES string of the molecule is Cc1ccc2c(c1)OC(C)C(C)C2. The summed E-state index contributed by atoms with van der Waals surface area (Å²) in [7, 11) is 0. The first-order valence-electron chi connectivity index (χ1n) is 4.93. The Morgan fingerprint density at radius 2 is 2.08 bits per heavy atom. The molecule has 13 heavy (non-hydrogen) atoms. The van der Waals surface area contributed by atoms with Gasteiger partial charge in [-0.2, -0.15) is 0 Å². The number of hydrogen-bond acceptors (Lipinski definition) is 1. The van der Waals surface area contributed by atoms with Crippen LogP contribution < -0.4 is 4.74 Å². The lowest BCUT2D eigenvalue weighted by Crippen LogP contribution is -2.27.